The minimum atomic E-state index is -1.23. The molecule has 3 N–H and O–H groups in total. The van der Waals surface area contributed by atoms with E-state index in [4.69, 9.17) is 5.11 Å². The Morgan fingerprint density at radius 2 is 2.15 bits per heavy atom. The SMILES string of the molecule is Cc1cccc(CCNc2cc[nH]c(=O)c2C(=O)O)c1. The van der Waals surface area contributed by atoms with Crippen LogP contribution in [0.5, 0.6) is 0 Å². The fourth-order valence-corrected chi connectivity index (χ4v) is 2.05. The van der Waals surface area contributed by atoms with Gasteiger partial charge in [-0.05, 0) is 25.0 Å². The van der Waals surface area contributed by atoms with Crippen LogP contribution in [-0.2, 0) is 6.42 Å². The lowest BCUT2D eigenvalue weighted by Crippen LogP contribution is -2.20. The number of aryl methyl sites for hydroxylation is 1. The van der Waals surface area contributed by atoms with Gasteiger partial charge < -0.3 is 15.4 Å². The van der Waals surface area contributed by atoms with E-state index in [1.54, 1.807) is 6.07 Å². The summed E-state index contributed by atoms with van der Waals surface area (Å²) in [5.74, 6) is -1.23. The Kier molecular flexibility index (Phi) is 4.20. The van der Waals surface area contributed by atoms with Crippen LogP contribution in [0.2, 0.25) is 0 Å². The minimum absolute atomic E-state index is 0.253. The van der Waals surface area contributed by atoms with Crippen LogP contribution in [0.3, 0.4) is 0 Å². The van der Waals surface area contributed by atoms with Crippen molar-refractivity contribution in [2.24, 2.45) is 0 Å². The lowest BCUT2D eigenvalue weighted by molar-refractivity contribution is 0.0696. The number of pyridine rings is 1. The lowest BCUT2D eigenvalue weighted by Gasteiger charge is -2.09. The molecule has 0 spiro atoms. The average molecular weight is 272 g/mol. The average Bonchev–Trinajstić information content (AvgIpc) is 2.38. The zero-order valence-electron chi connectivity index (χ0n) is 11.1. The van der Waals surface area contributed by atoms with Gasteiger partial charge in [-0.25, -0.2) is 4.79 Å². The van der Waals surface area contributed by atoms with Gasteiger partial charge in [0, 0.05) is 12.7 Å². The molecule has 0 amide bonds. The van der Waals surface area contributed by atoms with Crippen molar-refractivity contribution in [3.63, 3.8) is 0 Å². The van der Waals surface area contributed by atoms with Gasteiger partial charge in [0.2, 0.25) is 0 Å². The number of carboxylic acids is 1. The highest BCUT2D eigenvalue weighted by molar-refractivity contribution is 5.93. The van der Waals surface area contributed by atoms with Crippen LogP contribution in [0.15, 0.2) is 41.3 Å². The standard InChI is InChI=1S/C15H16N2O3/c1-10-3-2-4-11(9-10)5-7-16-12-6-8-17-14(18)13(12)15(19)20/h2-4,6,8-9H,5,7H2,1H3,(H,19,20)(H2,16,17,18). The summed E-state index contributed by atoms with van der Waals surface area (Å²) in [6.07, 6.45) is 2.19. The molecule has 20 heavy (non-hydrogen) atoms. The normalized spacial score (nSPS) is 10.2. The van der Waals surface area contributed by atoms with Crippen LogP contribution >= 0.6 is 0 Å². The molecule has 0 unspecified atom stereocenters. The molecule has 2 rings (SSSR count). The second-order valence-electron chi connectivity index (χ2n) is 4.57. The molecule has 1 heterocycles. The Bertz CT molecular complexity index is 677. The number of aromatic nitrogens is 1. The number of nitrogens with one attached hydrogen (secondary N) is 2. The molecule has 2 aromatic rings. The Morgan fingerprint density at radius 1 is 1.35 bits per heavy atom. The number of aromatic amines is 1. The van der Waals surface area contributed by atoms with Crippen molar-refractivity contribution in [2.45, 2.75) is 13.3 Å². The Labute approximate surface area is 116 Å². The first kappa shape index (κ1) is 13.9. The van der Waals surface area contributed by atoms with E-state index < -0.39 is 11.5 Å². The highest BCUT2D eigenvalue weighted by Gasteiger charge is 2.13. The van der Waals surface area contributed by atoms with Crippen LogP contribution in [-0.4, -0.2) is 22.6 Å². The summed E-state index contributed by atoms with van der Waals surface area (Å²) in [6.45, 7) is 2.59. The number of rotatable bonds is 5. The summed E-state index contributed by atoms with van der Waals surface area (Å²) in [4.78, 5) is 24.9. The van der Waals surface area contributed by atoms with Crippen LogP contribution < -0.4 is 10.9 Å². The van der Waals surface area contributed by atoms with Crippen molar-refractivity contribution < 1.29 is 9.90 Å². The Morgan fingerprint density at radius 3 is 2.85 bits per heavy atom. The molecule has 5 nitrogen and oxygen atoms in total. The zero-order chi connectivity index (χ0) is 14.5. The minimum Gasteiger partial charge on any atom is -0.477 e. The number of hydrogen-bond donors (Lipinski definition) is 3. The van der Waals surface area contributed by atoms with Crippen LogP contribution in [0.25, 0.3) is 0 Å². The van der Waals surface area contributed by atoms with Gasteiger partial charge in [-0.3, -0.25) is 4.79 Å². The molecule has 1 aromatic heterocycles. The third kappa shape index (κ3) is 3.26. The van der Waals surface area contributed by atoms with E-state index in [1.165, 1.54) is 17.3 Å². The first-order valence-electron chi connectivity index (χ1n) is 6.32. The molecule has 0 aliphatic heterocycles. The van der Waals surface area contributed by atoms with E-state index in [9.17, 15) is 9.59 Å². The molecule has 104 valence electrons. The summed E-state index contributed by atoms with van der Waals surface area (Å²) in [6, 6.07) is 9.67. The molecule has 0 fully saturated rings. The first-order chi connectivity index (χ1) is 9.58. The molecule has 0 saturated heterocycles. The molecule has 1 aromatic carbocycles. The number of carbonyl (C=O) groups is 1. The molecule has 0 aliphatic carbocycles. The molecule has 0 saturated carbocycles. The van der Waals surface area contributed by atoms with Crippen LogP contribution in [0.4, 0.5) is 5.69 Å². The third-order valence-electron chi connectivity index (χ3n) is 2.99. The van der Waals surface area contributed by atoms with Gasteiger partial charge in [-0.1, -0.05) is 29.8 Å². The van der Waals surface area contributed by atoms with Crippen LogP contribution in [0, 0.1) is 6.92 Å². The summed E-state index contributed by atoms with van der Waals surface area (Å²) in [7, 11) is 0. The molecule has 0 aliphatic rings. The molecule has 0 atom stereocenters. The number of hydrogen-bond acceptors (Lipinski definition) is 3. The van der Waals surface area contributed by atoms with E-state index in [1.807, 2.05) is 25.1 Å². The Hall–Kier alpha value is -2.56. The number of benzene rings is 1. The second kappa shape index (κ2) is 6.06. The predicted octanol–water partition coefficient (Wildman–Crippen LogP) is 2.04. The fourth-order valence-electron chi connectivity index (χ4n) is 2.05. The van der Waals surface area contributed by atoms with Crippen molar-refractivity contribution in [3.05, 3.63) is 63.6 Å². The van der Waals surface area contributed by atoms with Gasteiger partial charge in [0.25, 0.3) is 5.56 Å². The van der Waals surface area contributed by atoms with E-state index in [0.717, 1.165) is 6.42 Å². The van der Waals surface area contributed by atoms with Crippen molar-refractivity contribution >= 4 is 11.7 Å². The van der Waals surface area contributed by atoms with Gasteiger partial charge >= 0.3 is 5.97 Å². The monoisotopic (exact) mass is 272 g/mol. The van der Waals surface area contributed by atoms with Crippen molar-refractivity contribution in [1.82, 2.24) is 4.98 Å². The second-order valence-corrected chi connectivity index (χ2v) is 4.57. The Balaban J connectivity index is 2.07. The molecule has 0 bridgehead atoms. The van der Waals surface area contributed by atoms with Gasteiger partial charge in [0.15, 0.2) is 0 Å². The van der Waals surface area contributed by atoms with Crippen molar-refractivity contribution in [2.75, 3.05) is 11.9 Å². The molecule has 5 heteroatoms. The summed E-state index contributed by atoms with van der Waals surface area (Å²) < 4.78 is 0. The zero-order valence-corrected chi connectivity index (χ0v) is 11.1. The maximum absolute atomic E-state index is 11.5. The highest BCUT2D eigenvalue weighted by atomic mass is 16.4. The quantitative estimate of drug-likeness (QED) is 0.778. The number of aromatic carboxylic acids is 1. The summed E-state index contributed by atoms with van der Waals surface area (Å²) >= 11 is 0. The maximum atomic E-state index is 11.5. The molecule has 0 radical (unpaired) electrons. The van der Waals surface area contributed by atoms with Gasteiger partial charge in [0.05, 0.1) is 5.69 Å². The number of anilines is 1. The maximum Gasteiger partial charge on any atom is 0.343 e. The summed E-state index contributed by atoms with van der Waals surface area (Å²) in [5.41, 5.74) is 1.84. The summed E-state index contributed by atoms with van der Waals surface area (Å²) in [5, 5.41) is 12.0. The lowest BCUT2D eigenvalue weighted by atomic mass is 10.1. The molecular formula is C15H16N2O3. The highest BCUT2D eigenvalue weighted by Crippen LogP contribution is 2.11. The number of carboxylic acid groups (broad SMARTS) is 1. The topological polar surface area (TPSA) is 82.2 Å². The van der Waals surface area contributed by atoms with Crippen molar-refractivity contribution in [3.8, 4) is 0 Å². The number of H-pyrrole nitrogens is 1. The first-order valence-corrected chi connectivity index (χ1v) is 6.32. The van der Waals surface area contributed by atoms with Crippen LogP contribution in [0.1, 0.15) is 21.5 Å². The predicted molar refractivity (Wildman–Crippen MR) is 77.4 cm³/mol. The van der Waals surface area contributed by atoms with Gasteiger partial charge in [0.1, 0.15) is 5.56 Å². The molecular weight excluding hydrogens is 256 g/mol. The van der Waals surface area contributed by atoms with E-state index in [-0.39, 0.29) is 5.56 Å². The third-order valence-corrected chi connectivity index (χ3v) is 2.99. The van der Waals surface area contributed by atoms with E-state index in [2.05, 4.69) is 16.4 Å². The van der Waals surface area contributed by atoms with E-state index >= 15 is 0 Å². The van der Waals surface area contributed by atoms with Gasteiger partial charge in [-0.15, -0.1) is 0 Å². The smallest absolute Gasteiger partial charge is 0.343 e. The largest absolute Gasteiger partial charge is 0.477 e. The van der Waals surface area contributed by atoms with Crippen molar-refractivity contribution in [1.29, 1.82) is 0 Å². The van der Waals surface area contributed by atoms with Gasteiger partial charge in [-0.2, -0.15) is 0 Å². The fraction of sp³-hybridized carbons (Fsp3) is 0.200. The van der Waals surface area contributed by atoms with E-state index in [0.29, 0.717) is 12.2 Å².